The highest BCUT2D eigenvalue weighted by atomic mass is 16.5. The number of aryl methyl sites for hydroxylation is 1. The molecule has 0 saturated heterocycles. The Morgan fingerprint density at radius 3 is 2.52 bits per heavy atom. The van der Waals surface area contributed by atoms with Gasteiger partial charge in [-0.2, -0.15) is 0 Å². The molecule has 1 N–H and O–H groups in total. The minimum Gasteiger partial charge on any atom is -0.481 e. The van der Waals surface area contributed by atoms with E-state index in [0.717, 1.165) is 16.7 Å². The molecular weight excluding hydrogens is 318 g/mol. The molecule has 0 saturated carbocycles. The van der Waals surface area contributed by atoms with Gasteiger partial charge >= 0.3 is 5.97 Å². The van der Waals surface area contributed by atoms with Crippen LogP contribution in [0.5, 0.6) is 5.75 Å². The summed E-state index contributed by atoms with van der Waals surface area (Å²) >= 11 is 0. The van der Waals surface area contributed by atoms with Gasteiger partial charge in [0.25, 0.3) is 5.91 Å². The fraction of sp³-hybridized carbons (Fsp3) is 0.300. The number of benzene rings is 2. The molecule has 0 bridgehead atoms. The van der Waals surface area contributed by atoms with E-state index in [4.69, 9.17) is 4.74 Å². The van der Waals surface area contributed by atoms with Crippen molar-refractivity contribution in [2.45, 2.75) is 32.4 Å². The number of hydrogen-bond acceptors (Lipinski definition) is 3. The van der Waals surface area contributed by atoms with E-state index in [0.29, 0.717) is 12.3 Å². The van der Waals surface area contributed by atoms with Crippen LogP contribution in [-0.4, -0.2) is 34.5 Å². The fourth-order valence-electron chi connectivity index (χ4n) is 3.11. The van der Waals surface area contributed by atoms with E-state index in [2.05, 4.69) is 0 Å². The molecule has 2 aromatic rings. The molecule has 0 aliphatic carbocycles. The van der Waals surface area contributed by atoms with Crippen LogP contribution >= 0.6 is 0 Å². The van der Waals surface area contributed by atoms with Gasteiger partial charge in [0.05, 0.1) is 5.92 Å². The molecular formula is C20H21NO4. The average molecular weight is 339 g/mol. The van der Waals surface area contributed by atoms with Crippen molar-refractivity contribution in [3.8, 4) is 5.75 Å². The maximum absolute atomic E-state index is 12.8. The maximum atomic E-state index is 12.8. The van der Waals surface area contributed by atoms with Gasteiger partial charge in [0.1, 0.15) is 5.75 Å². The zero-order chi connectivity index (χ0) is 18.0. The predicted molar refractivity (Wildman–Crippen MR) is 93.5 cm³/mol. The van der Waals surface area contributed by atoms with Gasteiger partial charge in [0.15, 0.2) is 6.10 Å². The second-order valence-corrected chi connectivity index (χ2v) is 6.38. The summed E-state index contributed by atoms with van der Waals surface area (Å²) in [5, 5.41) is 9.52. The van der Waals surface area contributed by atoms with Crippen molar-refractivity contribution in [1.29, 1.82) is 0 Å². The molecule has 2 aromatic carbocycles. The monoisotopic (exact) mass is 339 g/mol. The van der Waals surface area contributed by atoms with Crippen LogP contribution in [-0.2, 0) is 16.1 Å². The van der Waals surface area contributed by atoms with Gasteiger partial charge in [-0.1, -0.05) is 42.0 Å². The first kappa shape index (κ1) is 17.0. The Morgan fingerprint density at radius 2 is 1.84 bits per heavy atom. The summed E-state index contributed by atoms with van der Waals surface area (Å²) in [6.07, 6.45) is -0.678. The lowest BCUT2D eigenvalue weighted by Gasteiger charge is -2.34. The van der Waals surface area contributed by atoms with E-state index in [-0.39, 0.29) is 12.5 Å². The topological polar surface area (TPSA) is 66.8 Å². The summed E-state index contributed by atoms with van der Waals surface area (Å²) in [5.74, 6) is -1.21. The number of carboxylic acids is 1. The Bertz CT molecular complexity index is 785. The number of carbonyl (C=O) groups excluding carboxylic acids is 1. The maximum Gasteiger partial charge on any atom is 0.312 e. The molecule has 1 amide bonds. The van der Waals surface area contributed by atoms with Crippen molar-refractivity contribution in [2.24, 2.45) is 0 Å². The van der Waals surface area contributed by atoms with Crippen molar-refractivity contribution in [2.75, 3.05) is 6.54 Å². The van der Waals surface area contributed by atoms with Crippen molar-refractivity contribution >= 4 is 11.9 Å². The molecule has 5 nitrogen and oxygen atoms in total. The van der Waals surface area contributed by atoms with E-state index in [1.165, 1.54) is 0 Å². The van der Waals surface area contributed by atoms with Gasteiger partial charge in [-0.3, -0.25) is 9.59 Å². The van der Waals surface area contributed by atoms with Gasteiger partial charge in [-0.25, -0.2) is 0 Å². The van der Waals surface area contributed by atoms with Crippen LogP contribution in [0.25, 0.3) is 0 Å². The van der Waals surface area contributed by atoms with Gasteiger partial charge in [-0.05, 0) is 37.1 Å². The third-order valence-corrected chi connectivity index (χ3v) is 4.49. The molecule has 0 aromatic heterocycles. The first-order chi connectivity index (χ1) is 12.0. The zero-order valence-corrected chi connectivity index (χ0v) is 14.3. The van der Waals surface area contributed by atoms with Crippen LogP contribution in [0.15, 0.2) is 48.5 Å². The smallest absolute Gasteiger partial charge is 0.312 e. The van der Waals surface area contributed by atoms with Crippen molar-refractivity contribution < 1.29 is 19.4 Å². The lowest BCUT2D eigenvalue weighted by molar-refractivity contribution is -0.143. The summed E-state index contributed by atoms with van der Waals surface area (Å²) in [4.78, 5) is 25.9. The summed E-state index contributed by atoms with van der Waals surface area (Å²) in [5.41, 5.74) is 2.77. The van der Waals surface area contributed by atoms with Crippen LogP contribution in [0.3, 0.4) is 0 Å². The van der Waals surface area contributed by atoms with E-state index in [9.17, 15) is 14.7 Å². The lowest BCUT2D eigenvalue weighted by atomic mass is 9.89. The van der Waals surface area contributed by atoms with E-state index < -0.39 is 18.0 Å². The minimum absolute atomic E-state index is 0.160. The summed E-state index contributed by atoms with van der Waals surface area (Å²) in [6, 6.07) is 14.9. The lowest BCUT2D eigenvalue weighted by Crippen LogP contribution is -2.45. The Hall–Kier alpha value is -2.82. The quantitative estimate of drug-likeness (QED) is 0.930. The SMILES string of the molecule is Cc1ccc(OC(C)C(=O)N2Cc3ccccc3C(C(=O)O)C2)cc1. The second-order valence-electron chi connectivity index (χ2n) is 6.38. The molecule has 1 aliphatic heterocycles. The second kappa shape index (κ2) is 6.97. The third-order valence-electron chi connectivity index (χ3n) is 4.49. The number of aliphatic carboxylic acids is 1. The van der Waals surface area contributed by atoms with Crippen molar-refractivity contribution in [1.82, 2.24) is 4.90 Å². The highest BCUT2D eigenvalue weighted by Crippen LogP contribution is 2.29. The molecule has 1 aliphatic rings. The highest BCUT2D eigenvalue weighted by Gasteiger charge is 2.34. The van der Waals surface area contributed by atoms with Gasteiger partial charge in [0, 0.05) is 13.1 Å². The Morgan fingerprint density at radius 1 is 1.16 bits per heavy atom. The molecule has 1 heterocycles. The molecule has 5 heteroatoms. The molecule has 0 radical (unpaired) electrons. The molecule has 2 atom stereocenters. The first-order valence-electron chi connectivity index (χ1n) is 8.28. The molecule has 25 heavy (non-hydrogen) atoms. The van der Waals surface area contributed by atoms with Crippen molar-refractivity contribution in [3.63, 3.8) is 0 Å². The molecule has 130 valence electrons. The van der Waals surface area contributed by atoms with Gasteiger partial charge < -0.3 is 14.7 Å². The van der Waals surface area contributed by atoms with E-state index in [1.54, 1.807) is 11.8 Å². The van der Waals surface area contributed by atoms with Crippen molar-refractivity contribution in [3.05, 3.63) is 65.2 Å². The average Bonchev–Trinajstić information content (AvgIpc) is 2.61. The number of fused-ring (bicyclic) bond motifs is 1. The molecule has 0 fully saturated rings. The Balaban J connectivity index is 1.76. The molecule has 2 unspecified atom stereocenters. The normalized spacial score (nSPS) is 17.5. The number of carboxylic acid groups (broad SMARTS) is 1. The number of nitrogens with zero attached hydrogens (tertiary/aromatic N) is 1. The highest BCUT2D eigenvalue weighted by molar-refractivity contribution is 5.84. The fourth-order valence-corrected chi connectivity index (χ4v) is 3.11. The third kappa shape index (κ3) is 3.65. The van der Waals surface area contributed by atoms with E-state index in [1.807, 2.05) is 55.5 Å². The number of carbonyl (C=O) groups is 2. The standard InChI is InChI=1S/C20H21NO4/c1-13-7-9-16(10-8-13)25-14(2)19(22)21-11-15-5-3-4-6-17(15)18(12-21)20(23)24/h3-10,14,18H,11-12H2,1-2H3,(H,23,24). The molecule has 0 spiro atoms. The first-order valence-corrected chi connectivity index (χ1v) is 8.28. The van der Waals surface area contributed by atoms with Crippen LogP contribution in [0.4, 0.5) is 0 Å². The summed E-state index contributed by atoms with van der Waals surface area (Å²) < 4.78 is 5.73. The summed E-state index contributed by atoms with van der Waals surface area (Å²) in [6.45, 7) is 4.24. The molecule has 3 rings (SSSR count). The Kier molecular flexibility index (Phi) is 4.74. The van der Waals surface area contributed by atoms with Crippen LogP contribution in [0, 0.1) is 6.92 Å². The number of ether oxygens (including phenoxy) is 1. The number of amides is 1. The minimum atomic E-state index is -0.919. The summed E-state index contributed by atoms with van der Waals surface area (Å²) in [7, 11) is 0. The predicted octanol–water partition coefficient (Wildman–Crippen LogP) is 2.97. The van der Waals surface area contributed by atoms with Gasteiger partial charge in [0.2, 0.25) is 0 Å². The van der Waals surface area contributed by atoms with E-state index >= 15 is 0 Å². The van der Waals surface area contributed by atoms with Crippen LogP contribution in [0.1, 0.15) is 29.5 Å². The van der Waals surface area contributed by atoms with Crippen LogP contribution < -0.4 is 4.74 Å². The van der Waals surface area contributed by atoms with Crippen LogP contribution in [0.2, 0.25) is 0 Å². The Labute approximate surface area is 146 Å². The largest absolute Gasteiger partial charge is 0.481 e. The number of hydrogen-bond donors (Lipinski definition) is 1. The zero-order valence-electron chi connectivity index (χ0n) is 14.3. The van der Waals surface area contributed by atoms with Gasteiger partial charge in [-0.15, -0.1) is 0 Å². The number of rotatable bonds is 4.